The number of hydrogen-bond donors (Lipinski definition) is 0. The fraction of sp³-hybridized carbons (Fsp3) is 0.0714. The van der Waals surface area contributed by atoms with Crippen molar-refractivity contribution in [1.82, 2.24) is 29.8 Å². The van der Waals surface area contributed by atoms with E-state index in [1.54, 1.807) is 4.80 Å². The van der Waals surface area contributed by atoms with E-state index in [0.29, 0.717) is 12.4 Å². The standard InChI is InChI=1S/C28H22N6/c1-2-8-21(9-3-1)19-34-31-28(30-32-34)25-11-5-4-10-24(25)23-16-14-22(15-17-23)18-33-20-29-26-12-6-7-13-27(26)33/h1-17,20H,18-19H2. The monoisotopic (exact) mass is 442 g/mol. The minimum absolute atomic E-state index is 0.591. The first-order chi connectivity index (χ1) is 16.8. The number of tetrazole rings is 1. The van der Waals surface area contributed by atoms with Crippen LogP contribution in [0.2, 0.25) is 0 Å². The van der Waals surface area contributed by atoms with Gasteiger partial charge in [-0.2, -0.15) is 4.80 Å². The smallest absolute Gasteiger partial charge is 0.205 e. The van der Waals surface area contributed by atoms with E-state index in [2.05, 4.69) is 73.5 Å². The van der Waals surface area contributed by atoms with Gasteiger partial charge in [-0.15, -0.1) is 10.2 Å². The average Bonchev–Trinajstić information content (AvgIpc) is 3.53. The summed E-state index contributed by atoms with van der Waals surface area (Å²) >= 11 is 0. The lowest BCUT2D eigenvalue weighted by Crippen LogP contribution is -2.03. The van der Waals surface area contributed by atoms with Crippen molar-refractivity contribution in [2.45, 2.75) is 13.1 Å². The lowest BCUT2D eigenvalue weighted by molar-refractivity contribution is 0.573. The Hall–Kier alpha value is -4.58. The van der Waals surface area contributed by atoms with Gasteiger partial charge in [0.15, 0.2) is 0 Å². The van der Waals surface area contributed by atoms with Crippen molar-refractivity contribution < 1.29 is 0 Å². The molecule has 0 saturated carbocycles. The van der Waals surface area contributed by atoms with Crippen LogP contribution in [0.4, 0.5) is 0 Å². The van der Waals surface area contributed by atoms with Crippen molar-refractivity contribution >= 4 is 11.0 Å². The van der Waals surface area contributed by atoms with E-state index in [4.69, 9.17) is 0 Å². The van der Waals surface area contributed by atoms with Crippen LogP contribution in [-0.4, -0.2) is 29.8 Å². The first kappa shape index (κ1) is 20.1. The predicted octanol–water partition coefficient (Wildman–Crippen LogP) is 5.45. The molecule has 6 aromatic rings. The lowest BCUT2D eigenvalue weighted by atomic mass is 9.98. The Kier molecular flexibility index (Phi) is 5.16. The molecule has 0 atom stereocenters. The third kappa shape index (κ3) is 3.97. The van der Waals surface area contributed by atoms with Crippen LogP contribution in [0.25, 0.3) is 33.5 Å². The molecule has 0 spiro atoms. The van der Waals surface area contributed by atoms with Gasteiger partial charge in [0, 0.05) is 12.1 Å². The zero-order chi connectivity index (χ0) is 22.7. The van der Waals surface area contributed by atoms with Gasteiger partial charge in [0.1, 0.15) is 0 Å². The first-order valence-corrected chi connectivity index (χ1v) is 11.2. The Morgan fingerprint density at radius 3 is 2.18 bits per heavy atom. The first-order valence-electron chi connectivity index (χ1n) is 11.2. The van der Waals surface area contributed by atoms with Crippen LogP contribution in [-0.2, 0) is 13.1 Å². The molecule has 0 aliphatic rings. The Labute approximate surface area is 197 Å². The van der Waals surface area contributed by atoms with Crippen molar-refractivity contribution in [1.29, 1.82) is 0 Å². The number of hydrogen-bond acceptors (Lipinski definition) is 4. The van der Waals surface area contributed by atoms with E-state index in [1.807, 2.05) is 60.9 Å². The zero-order valence-electron chi connectivity index (χ0n) is 18.5. The summed E-state index contributed by atoms with van der Waals surface area (Å²) in [5, 5.41) is 13.2. The molecule has 0 radical (unpaired) electrons. The number of rotatable bonds is 6. The van der Waals surface area contributed by atoms with Crippen LogP contribution < -0.4 is 0 Å². The summed E-state index contributed by atoms with van der Waals surface area (Å²) < 4.78 is 2.17. The third-order valence-corrected chi connectivity index (χ3v) is 5.93. The number of aromatic nitrogens is 6. The molecule has 164 valence electrons. The summed E-state index contributed by atoms with van der Waals surface area (Å²) in [5.74, 6) is 0.625. The van der Waals surface area contributed by atoms with Crippen LogP contribution in [0.3, 0.4) is 0 Å². The second-order valence-electron chi connectivity index (χ2n) is 8.23. The Morgan fingerprint density at radius 1 is 0.618 bits per heavy atom. The van der Waals surface area contributed by atoms with Crippen LogP contribution in [0, 0.1) is 0 Å². The molecule has 0 bridgehead atoms. The molecule has 0 saturated heterocycles. The molecule has 34 heavy (non-hydrogen) atoms. The predicted molar refractivity (Wildman–Crippen MR) is 133 cm³/mol. The number of fused-ring (bicyclic) bond motifs is 1. The summed E-state index contributed by atoms with van der Waals surface area (Å²) in [7, 11) is 0. The van der Waals surface area contributed by atoms with Crippen molar-refractivity contribution in [3.8, 4) is 22.5 Å². The average molecular weight is 443 g/mol. The van der Waals surface area contributed by atoms with Gasteiger partial charge in [0.2, 0.25) is 5.82 Å². The second kappa shape index (κ2) is 8.75. The van der Waals surface area contributed by atoms with E-state index in [-0.39, 0.29) is 0 Å². The minimum Gasteiger partial charge on any atom is -0.326 e. The molecule has 4 aromatic carbocycles. The highest BCUT2D eigenvalue weighted by Crippen LogP contribution is 2.30. The summed E-state index contributed by atoms with van der Waals surface area (Å²) in [6.45, 7) is 1.37. The van der Waals surface area contributed by atoms with Gasteiger partial charge in [-0.05, 0) is 39.6 Å². The Morgan fingerprint density at radius 2 is 1.32 bits per heavy atom. The molecule has 0 N–H and O–H groups in total. The second-order valence-corrected chi connectivity index (χ2v) is 8.23. The van der Waals surface area contributed by atoms with Crippen LogP contribution in [0.1, 0.15) is 11.1 Å². The maximum Gasteiger partial charge on any atom is 0.205 e. The molecule has 2 heterocycles. The fourth-order valence-electron chi connectivity index (χ4n) is 4.22. The van der Waals surface area contributed by atoms with E-state index in [0.717, 1.165) is 39.8 Å². The van der Waals surface area contributed by atoms with Gasteiger partial charge in [-0.1, -0.05) is 91.0 Å². The summed E-state index contributed by atoms with van der Waals surface area (Å²) in [6, 6.07) is 35.2. The molecule has 2 aromatic heterocycles. The maximum atomic E-state index is 4.64. The van der Waals surface area contributed by atoms with Crippen molar-refractivity contribution in [3.63, 3.8) is 0 Å². The Bertz CT molecular complexity index is 1550. The molecule has 0 amide bonds. The Balaban J connectivity index is 1.26. The number of benzene rings is 4. The maximum absolute atomic E-state index is 4.64. The SMILES string of the molecule is c1ccc(Cn2nnc(-c3ccccc3-c3ccc(Cn4cnc5ccccc54)cc3)n2)cc1. The molecule has 6 heteroatoms. The highest BCUT2D eigenvalue weighted by Gasteiger charge is 2.13. The molecule has 0 aliphatic carbocycles. The fourth-order valence-corrected chi connectivity index (χ4v) is 4.22. The van der Waals surface area contributed by atoms with E-state index < -0.39 is 0 Å². The van der Waals surface area contributed by atoms with Gasteiger partial charge in [-0.3, -0.25) is 0 Å². The quantitative estimate of drug-likeness (QED) is 0.344. The van der Waals surface area contributed by atoms with Crippen molar-refractivity contribution in [2.75, 3.05) is 0 Å². The molecule has 6 nitrogen and oxygen atoms in total. The topological polar surface area (TPSA) is 61.4 Å². The summed E-state index contributed by atoms with van der Waals surface area (Å²) in [5.41, 5.74) is 7.69. The third-order valence-electron chi connectivity index (χ3n) is 5.93. The normalized spacial score (nSPS) is 11.2. The number of para-hydroxylation sites is 2. The van der Waals surface area contributed by atoms with Crippen LogP contribution in [0.5, 0.6) is 0 Å². The highest BCUT2D eigenvalue weighted by molar-refractivity contribution is 5.80. The summed E-state index contributed by atoms with van der Waals surface area (Å²) in [4.78, 5) is 6.13. The number of imidazole rings is 1. The van der Waals surface area contributed by atoms with Gasteiger partial charge in [-0.25, -0.2) is 4.98 Å². The van der Waals surface area contributed by atoms with Crippen LogP contribution >= 0.6 is 0 Å². The minimum atomic E-state index is 0.591. The molecule has 0 fully saturated rings. The van der Waals surface area contributed by atoms with Gasteiger partial charge in [0.25, 0.3) is 0 Å². The highest BCUT2D eigenvalue weighted by atomic mass is 15.6. The van der Waals surface area contributed by atoms with Gasteiger partial charge in [0.05, 0.1) is 23.9 Å². The number of nitrogens with zero attached hydrogens (tertiary/aromatic N) is 6. The largest absolute Gasteiger partial charge is 0.326 e. The van der Waals surface area contributed by atoms with E-state index in [9.17, 15) is 0 Å². The molecule has 0 unspecified atom stereocenters. The molecular weight excluding hydrogens is 420 g/mol. The van der Waals surface area contributed by atoms with Crippen molar-refractivity contribution in [3.05, 3.63) is 121 Å². The molecule has 0 aliphatic heterocycles. The van der Waals surface area contributed by atoms with Crippen molar-refractivity contribution in [2.24, 2.45) is 0 Å². The molecule has 6 rings (SSSR count). The van der Waals surface area contributed by atoms with Crippen LogP contribution in [0.15, 0.2) is 109 Å². The lowest BCUT2D eigenvalue weighted by Gasteiger charge is -2.09. The van der Waals surface area contributed by atoms with Gasteiger partial charge >= 0.3 is 0 Å². The molecular formula is C28H22N6. The summed E-state index contributed by atoms with van der Waals surface area (Å²) in [6.07, 6.45) is 1.90. The van der Waals surface area contributed by atoms with Gasteiger partial charge < -0.3 is 4.57 Å². The zero-order valence-corrected chi connectivity index (χ0v) is 18.5. The van der Waals surface area contributed by atoms with E-state index >= 15 is 0 Å². The van der Waals surface area contributed by atoms with E-state index in [1.165, 1.54) is 5.56 Å².